The van der Waals surface area contributed by atoms with Crippen molar-refractivity contribution in [3.8, 4) is 6.07 Å². The molecule has 3 rings (SSSR count). The van der Waals surface area contributed by atoms with Gasteiger partial charge in [-0.1, -0.05) is 6.92 Å². The van der Waals surface area contributed by atoms with Gasteiger partial charge in [-0.3, -0.25) is 4.79 Å². The van der Waals surface area contributed by atoms with Crippen molar-refractivity contribution < 1.29 is 4.79 Å². The van der Waals surface area contributed by atoms with Crippen molar-refractivity contribution in [1.29, 1.82) is 5.26 Å². The zero-order valence-electron chi connectivity index (χ0n) is 12.3. The van der Waals surface area contributed by atoms with Crippen LogP contribution in [0, 0.1) is 28.6 Å². The number of nitrogens with zero attached hydrogens (tertiary/aromatic N) is 2. The standard InChI is InChI=1S/C16H25N3O/c1-11-4-7-19(13(8-11)10-17)15(20)14(18)16-5-2-12(9-16)3-6-16/h11-14H,2-9,18H2,1H3/t11-,12?,13-,14+,16?/m0/s1. The average molecular weight is 275 g/mol. The molecule has 1 amide bonds. The molecule has 4 nitrogen and oxygen atoms in total. The van der Waals surface area contributed by atoms with Crippen LogP contribution in [-0.4, -0.2) is 29.4 Å². The van der Waals surface area contributed by atoms with E-state index in [9.17, 15) is 10.1 Å². The van der Waals surface area contributed by atoms with Gasteiger partial charge in [-0.25, -0.2) is 0 Å². The summed E-state index contributed by atoms with van der Waals surface area (Å²) in [6, 6.07) is 1.64. The third kappa shape index (κ3) is 2.13. The fourth-order valence-corrected chi connectivity index (χ4v) is 4.64. The second-order valence-electron chi connectivity index (χ2n) is 7.29. The Kier molecular flexibility index (Phi) is 3.50. The highest BCUT2D eigenvalue weighted by atomic mass is 16.2. The van der Waals surface area contributed by atoms with E-state index in [2.05, 4.69) is 13.0 Å². The first-order chi connectivity index (χ1) is 9.55. The Morgan fingerprint density at radius 3 is 2.65 bits per heavy atom. The van der Waals surface area contributed by atoms with Gasteiger partial charge in [0.25, 0.3) is 0 Å². The number of rotatable bonds is 2. The maximum atomic E-state index is 12.8. The molecule has 0 aromatic rings. The molecular formula is C16H25N3O. The number of hydrogen-bond donors (Lipinski definition) is 1. The molecule has 2 saturated carbocycles. The molecule has 0 aromatic carbocycles. The number of likely N-dealkylation sites (tertiary alicyclic amines) is 1. The highest BCUT2D eigenvalue weighted by Crippen LogP contribution is 2.55. The lowest BCUT2D eigenvalue weighted by Crippen LogP contribution is -2.56. The van der Waals surface area contributed by atoms with Gasteiger partial charge >= 0.3 is 0 Å². The summed E-state index contributed by atoms with van der Waals surface area (Å²) in [4.78, 5) is 14.6. The van der Waals surface area contributed by atoms with Gasteiger partial charge in [0.2, 0.25) is 5.91 Å². The Morgan fingerprint density at radius 1 is 1.40 bits per heavy atom. The molecule has 4 heteroatoms. The van der Waals surface area contributed by atoms with Crippen molar-refractivity contribution in [2.24, 2.45) is 23.0 Å². The molecule has 110 valence electrons. The SMILES string of the molecule is C[C@H]1CCN(C(=O)[C@@H](N)C23CCC(CC2)C3)[C@H](C#N)C1. The van der Waals surface area contributed by atoms with Gasteiger partial charge in [-0.15, -0.1) is 0 Å². The van der Waals surface area contributed by atoms with Crippen molar-refractivity contribution in [2.45, 2.75) is 64.0 Å². The molecule has 2 bridgehead atoms. The summed E-state index contributed by atoms with van der Waals surface area (Å²) in [5.41, 5.74) is 6.42. The fraction of sp³-hybridized carbons (Fsp3) is 0.875. The van der Waals surface area contributed by atoms with Crippen molar-refractivity contribution in [3.63, 3.8) is 0 Å². The summed E-state index contributed by atoms with van der Waals surface area (Å²) < 4.78 is 0. The zero-order valence-corrected chi connectivity index (χ0v) is 12.3. The average Bonchev–Trinajstić information content (AvgIpc) is 3.07. The van der Waals surface area contributed by atoms with Crippen molar-refractivity contribution in [1.82, 2.24) is 4.90 Å². The van der Waals surface area contributed by atoms with E-state index in [1.807, 2.05) is 0 Å². The van der Waals surface area contributed by atoms with Crippen LogP contribution in [0.25, 0.3) is 0 Å². The smallest absolute Gasteiger partial charge is 0.241 e. The molecule has 3 fully saturated rings. The van der Waals surface area contributed by atoms with Crippen LogP contribution < -0.4 is 5.73 Å². The quantitative estimate of drug-likeness (QED) is 0.838. The minimum absolute atomic E-state index is 0.0333. The molecule has 2 aliphatic carbocycles. The Morgan fingerprint density at radius 2 is 2.10 bits per heavy atom. The minimum Gasteiger partial charge on any atom is -0.325 e. The van der Waals surface area contributed by atoms with Crippen LogP contribution >= 0.6 is 0 Å². The summed E-state index contributed by atoms with van der Waals surface area (Å²) in [6.07, 6.45) is 7.59. The lowest BCUT2D eigenvalue weighted by atomic mass is 9.76. The van der Waals surface area contributed by atoms with E-state index in [0.29, 0.717) is 12.5 Å². The largest absolute Gasteiger partial charge is 0.325 e. The normalized spacial score (nSPS) is 41.5. The maximum Gasteiger partial charge on any atom is 0.241 e. The van der Waals surface area contributed by atoms with Crippen LogP contribution in [0.3, 0.4) is 0 Å². The first-order valence-electron chi connectivity index (χ1n) is 8.01. The van der Waals surface area contributed by atoms with E-state index in [1.165, 1.54) is 12.8 Å². The van der Waals surface area contributed by atoms with Gasteiger partial charge < -0.3 is 10.6 Å². The first kappa shape index (κ1) is 13.9. The van der Waals surface area contributed by atoms with Crippen LogP contribution in [0.2, 0.25) is 0 Å². The summed E-state index contributed by atoms with van der Waals surface area (Å²) >= 11 is 0. The van der Waals surface area contributed by atoms with Crippen LogP contribution in [0.5, 0.6) is 0 Å². The second-order valence-corrected chi connectivity index (χ2v) is 7.29. The van der Waals surface area contributed by atoms with Crippen molar-refractivity contribution in [2.75, 3.05) is 6.54 Å². The van der Waals surface area contributed by atoms with Gasteiger partial charge in [0, 0.05) is 6.54 Å². The van der Waals surface area contributed by atoms with Gasteiger partial charge in [0.15, 0.2) is 0 Å². The highest BCUT2D eigenvalue weighted by molar-refractivity contribution is 5.83. The number of fused-ring (bicyclic) bond motifs is 2. The predicted octanol–water partition coefficient (Wildman–Crippen LogP) is 2.04. The third-order valence-corrected chi connectivity index (χ3v) is 6.02. The number of piperidine rings is 1. The molecule has 1 aliphatic heterocycles. The summed E-state index contributed by atoms with van der Waals surface area (Å²) in [6.45, 7) is 2.86. The molecular weight excluding hydrogens is 250 g/mol. The van der Waals surface area contributed by atoms with E-state index < -0.39 is 0 Å². The molecule has 0 unspecified atom stereocenters. The van der Waals surface area contributed by atoms with Crippen LogP contribution in [0.4, 0.5) is 0 Å². The molecule has 2 N–H and O–H groups in total. The van der Waals surface area contributed by atoms with Crippen molar-refractivity contribution in [3.05, 3.63) is 0 Å². The molecule has 20 heavy (non-hydrogen) atoms. The topological polar surface area (TPSA) is 70.1 Å². The molecule has 1 saturated heterocycles. The number of nitrogens with two attached hydrogens (primary N) is 1. The Labute approximate surface area is 121 Å². The molecule has 0 aromatic heterocycles. The Bertz CT molecular complexity index is 433. The van der Waals surface area contributed by atoms with Gasteiger partial charge in [0.05, 0.1) is 12.1 Å². The first-order valence-corrected chi connectivity index (χ1v) is 8.01. The van der Waals surface area contributed by atoms with E-state index >= 15 is 0 Å². The van der Waals surface area contributed by atoms with Crippen molar-refractivity contribution >= 4 is 5.91 Å². The van der Waals surface area contributed by atoms with Gasteiger partial charge in [-0.05, 0) is 62.2 Å². The minimum atomic E-state index is -0.390. The lowest BCUT2D eigenvalue weighted by Gasteiger charge is -2.40. The van der Waals surface area contributed by atoms with Gasteiger partial charge in [-0.2, -0.15) is 5.26 Å². The van der Waals surface area contributed by atoms with Gasteiger partial charge in [0.1, 0.15) is 6.04 Å². The highest BCUT2D eigenvalue weighted by Gasteiger charge is 2.52. The molecule has 1 heterocycles. The maximum absolute atomic E-state index is 12.8. The van der Waals surface area contributed by atoms with E-state index in [-0.39, 0.29) is 23.4 Å². The monoisotopic (exact) mass is 275 g/mol. The van der Waals surface area contributed by atoms with Crippen LogP contribution in [0.15, 0.2) is 0 Å². The molecule has 0 radical (unpaired) electrons. The van der Waals surface area contributed by atoms with Crippen LogP contribution in [-0.2, 0) is 4.79 Å². The number of amides is 1. The number of hydrogen-bond acceptors (Lipinski definition) is 3. The predicted molar refractivity (Wildman–Crippen MR) is 76.5 cm³/mol. The Hall–Kier alpha value is -1.08. The lowest BCUT2D eigenvalue weighted by molar-refractivity contribution is -0.138. The molecule has 0 spiro atoms. The molecule has 3 aliphatic rings. The number of carbonyl (C=O) groups is 1. The van der Waals surface area contributed by atoms with E-state index in [0.717, 1.165) is 38.0 Å². The van der Waals surface area contributed by atoms with E-state index in [4.69, 9.17) is 5.73 Å². The third-order valence-electron chi connectivity index (χ3n) is 6.02. The second kappa shape index (κ2) is 5.04. The Balaban J connectivity index is 1.73. The number of carbonyl (C=O) groups excluding carboxylic acids is 1. The zero-order chi connectivity index (χ0) is 14.3. The fourth-order valence-electron chi connectivity index (χ4n) is 4.64. The summed E-state index contributed by atoms with van der Waals surface area (Å²) in [5, 5.41) is 9.32. The van der Waals surface area contributed by atoms with Crippen LogP contribution in [0.1, 0.15) is 51.9 Å². The molecule has 3 atom stereocenters. The summed E-state index contributed by atoms with van der Waals surface area (Å²) in [5.74, 6) is 1.36. The van der Waals surface area contributed by atoms with E-state index in [1.54, 1.807) is 4.90 Å². The summed E-state index contributed by atoms with van der Waals surface area (Å²) in [7, 11) is 0. The number of nitriles is 1.